The van der Waals surface area contributed by atoms with Gasteiger partial charge in [0.1, 0.15) is 5.82 Å². The number of sulfonamides is 1. The molecule has 5 nitrogen and oxygen atoms in total. The summed E-state index contributed by atoms with van der Waals surface area (Å²) in [5, 5.41) is 2.87. The third-order valence-electron chi connectivity index (χ3n) is 4.36. The number of rotatable bonds is 10. The van der Waals surface area contributed by atoms with Gasteiger partial charge in [-0.15, -0.1) is 0 Å². The zero-order chi connectivity index (χ0) is 20.6. The van der Waals surface area contributed by atoms with Crippen LogP contribution in [0.4, 0.5) is 10.1 Å². The van der Waals surface area contributed by atoms with Gasteiger partial charge < -0.3 is 5.32 Å². The molecule has 1 amide bonds. The van der Waals surface area contributed by atoms with Gasteiger partial charge in [-0.3, -0.25) is 9.10 Å². The first-order valence-electron chi connectivity index (χ1n) is 9.31. The van der Waals surface area contributed by atoms with Crippen molar-refractivity contribution in [3.8, 4) is 0 Å². The number of benzene rings is 2. The Kier molecular flexibility index (Phi) is 7.99. The number of hydrogen-bond acceptors (Lipinski definition) is 3. The summed E-state index contributed by atoms with van der Waals surface area (Å²) in [6.45, 7) is 2.80. The van der Waals surface area contributed by atoms with E-state index in [4.69, 9.17) is 0 Å². The number of carbonyl (C=O) groups is 1. The molecule has 152 valence electrons. The third kappa shape index (κ3) is 7.31. The van der Waals surface area contributed by atoms with Gasteiger partial charge >= 0.3 is 0 Å². The number of halogens is 1. The molecule has 0 aromatic heterocycles. The maximum atomic E-state index is 13.1. The number of amides is 1. The van der Waals surface area contributed by atoms with Gasteiger partial charge in [0.05, 0.1) is 11.9 Å². The minimum atomic E-state index is -3.50. The number of nitrogens with one attached hydrogen (secondary N) is 1. The molecule has 0 heterocycles. The van der Waals surface area contributed by atoms with E-state index < -0.39 is 15.8 Å². The van der Waals surface area contributed by atoms with E-state index in [-0.39, 0.29) is 18.9 Å². The SMILES string of the molecule is Cc1ccc(CCCNC(=O)CCCN(c2ccc(F)cc2)S(C)(=O)=O)cc1. The Morgan fingerprint density at radius 3 is 2.29 bits per heavy atom. The second-order valence-corrected chi connectivity index (χ2v) is 8.76. The van der Waals surface area contributed by atoms with E-state index in [9.17, 15) is 17.6 Å². The molecular weight excluding hydrogens is 379 g/mol. The summed E-state index contributed by atoms with van der Waals surface area (Å²) in [6, 6.07) is 13.6. The molecule has 0 atom stereocenters. The lowest BCUT2D eigenvalue weighted by atomic mass is 10.1. The van der Waals surface area contributed by atoms with Crippen molar-refractivity contribution < 1.29 is 17.6 Å². The first kappa shape index (κ1) is 21.9. The van der Waals surface area contributed by atoms with Crippen LogP contribution in [0.2, 0.25) is 0 Å². The molecule has 2 aromatic rings. The minimum absolute atomic E-state index is 0.100. The molecule has 0 aliphatic heterocycles. The van der Waals surface area contributed by atoms with E-state index in [1.807, 2.05) is 6.92 Å². The Morgan fingerprint density at radius 2 is 1.68 bits per heavy atom. The largest absolute Gasteiger partial charge is 0.356 e. The van der Waals surface area contributed by atoms with Crippen molar-refractivity contribution in [2.24, 2.45) is 0 Å². The predicted octanol–water partition coefficient (Wildman–Crippen LogP) is 3.43. The number of anilines is 1. The van der Waals surface area contributed by atoms with E-state index in [0.717, 1.165) is 19.1 Å². The molecular formula is C21H27FN2O3S. The molecule has 7 heteroatoms. The van der Waals surface area contributed by atoms with Gasteiger partial charge in [-0.05, 0) is 56.0 Å². The van der Waals surface area contributed by atoms with Crippen LogP contribution in [0.1, 0.15) is 30.4 Å². The molecule has 0 aliphatic carbocycles. The number of nitrogens with zero attached hydrogens (tertiary/aromatic N) is 1. The van der Waals surface area contributed by atoms with Crippen LogP contribution in [-0.4, -0.2) is 33.7 Å². The van der Waals surface area contributed by atoms with Gasteiger partial charge in [0.25, 0.3) is 0 Å². The second-order valence-electron chi connectivity index (χ2n) is 6.85. The first-order chi connectivity index (χ1) is 13.3. The van der Waals surface area contributed by atoms with E-state index in [2.05, 4.69) is 29.6 Å². The monoisotopic (exact) mass is 406 g/mol. The van der Waals surface area contributed by atoms with E-state index in [1.54, 1.807) is 0 Å². The van der Waals surface area contributed by atoms with Crippen molar-refractivity contribution in [2.45, 2.75) is 32.6 Å². The van der Waals surface area contributed by atoms with Crippen molar-refractivity contribution in [2.75, 3.05) is 23.7 Å². The molecule has 0 bridgehead atoms. The van der Waals surface area contributed by atoms with Crippen LogP contribution in [0.15, 0.2) is 48.5 Å². The zero-order valence-corrected chi connectivity index (χ0v) is 17.1. The molecule has 2 aromatic carbocycles. The van der Waals surface area contributed by atoms with Crippen LogP contribution in [-0.2, 0) is 21.2 Å². The van der Waals surface area contributed by atoms with Crippen LogP contribution in [0.25, 0.3) is 0 Å². The maximum absolute atomic E-state index is 13.1. The normalized spacial score (nSPS) is 11.2. The summed E-state index contributed by atoms with van der Waals surface area (Å²) in [6.07, 6.45) is 3.46. The van der Waals surface area contributed by atoms with Crippen LogP contribution in [0.3, 0.4) is 0 Å². The van der Waals surface area contributed by atoms with Gasteiger partial charge in [-0.1, -0.05) is 29.8 Å². The highest BCUT2D eigenvalue weighted by atomic mass is 32.2. The molecule has 0 spiro atoms. The summed E-state index contributed by atoms with van der Waals surface area (Å²) < 4.78 is 38.2. The van der Waals surface area contributed by atoms with Gasteiger partial charge in [-0.2, -0.15) is 0 Å². The molecule has 0 radical (unpaired) electrons. The van der Waals surface area contributed by atoms with Gasteiger partial charge in [0.15, 0.2) is 0 Å². The number of hydrogen-bond donors (Lipinski definition) is 1. The van der Waals surface area contributed by atoms with Crippen molar-refractivity contribution in [1.29, 1.82) is 0 Å². The van der Waals surface area contributed by atoms with E-state index in [0.29, 0.717) is 18.7 Å². The smallest absolute Gasteiger partial charge is 0.232 e. The molecule has 0 aliphatic rings. The van der Waals surface area contributed by atoms with Gasteiger partial charge in [0, 0.05) is 19.5 Å². The fourth-order valence-electron chi connectivity index (χ4n) is 2.84. The maximum Gasteiger partial charge on any atom is 0.232 e. The highest BCUT2D eigenvalue weighted by Crippen LogP contribution is 2.18. The van der Waals surface area contributed by atoms with Gasteiger partial charge in [-0.25, -0.2) is 12.8 Å². The fraction of sp³-hybridized carbons (Fsp3) is 0.381. The standard InChI is InChI=1S/C21H27FN2O3S/c1-17-7-9-18(10-8-17)5-3-15-23-21(25)6-4-16-24(28(2,26)27)20-13-11-19(22)12-14-20/h7-14H,3-6,15-16H2,1-2H3,(H,23,25). The first-order valence-corrected chi connectivity index (χ1v) is 11.2. The lowest BCUT2D eigenvalue weighted by Crippen LogP contribution is -2.32. The molecule has 0 unspecified atom stereocenters. The van der Waals surface area contributed by atoms with Crippen molar-refractivity contribution in [1.82, 2.24) is 5.32 Å². The van der Waals surface area contributed by atoms with Crippen LogP contribution >= 0.6 is 0 Å². The summed E-state index contributed by atoms with van der Waals surface area (Å²) in [7, 11) is -3.50. The quantitative estimate of drug-likeness (QED) is 0.615. The second kappa shape index (κ2) is 10.2. The minimum Gasteiger partial charge on any atom is -0.356 e. The fourth-order valence-corrected chi connectivity index (χ4v) is 3.81. The third-order valence-corrected chi connectivity index (χ3v) is 5.56. The lowest BCUT2D eigenvalue weighted by Gasteiger charge is -2.22. The van der Waals surface area contributed by atoms with Crippen molar-refractivity contribution in [3.63, 3.8) is 0 Å². The van der Waals surface area contributed by atoms with Crippen LogP contribution in [0, 0.1) is 12.7 Å². The van der Waals surface area contributed by atoms with E-state index in [1.165, 1.54) is 39.7 Å². The van der Waals surface area contributed by atoms with Crippen molar-refractivity contribution >= 4 is 21.6 Å². The lowest BCUT2D eigenvalue weighted by molar-refractivity contribution is -0.121. The van der Waals surface area contributed by atoms with Gasteiger partial charge in [0.2, 0.25) is 15.9 Å². The average Bonchev–Trinajstić information content (AvgIpc) is 2.64. The molecule has 2 rings (SSSR count). The van der Waals surface area contributed by atoms with E-state index >= 15 is 0 Å². The van der Waals surface area contributed by atoms with Crippen LogP contribution in [0.5, 0.6) is 0 Å². The molecule has 0 saturated heterocycles. The molecule has 0 fully saturated rings. The topological polar surface area (TPSA) is 66.5 Å². The Labute approximate surface area is 166 Å². The summed E-state index contributed by atoms with van der Waals surface area (Å²) >= 11 is 0. The Bertz CT molecular complexity index is 866. The Balaban J connectivity index is 1.73. The summed E-state index contributed by atoms with van der Waals surface area (Å²) in [4.78, 5) is 12.0. The average molecular weight is 407 g/mol. The highest BCUT2D eigenvalue weighted by Gasteiger charge is 2.17. The van der Waals surface area contributed by atoms with Crippen LogP contribution < -0.4 is 9.62 Å². The zero-order valence-electron chi connectivity index (χ0n) is 16.3. The Morgan fingerprint density at radius 1 is 1.04 bits per heavy atom. The predicted molar refractivity (Wildman–Crippen MR) is 110 cm³/mol. The molecule has 1 N–H and O–H groups in total. The Hall–Kier alpha value is -2.41. The number of aryl methyl sites for hydroxylation is 2. The summed E-state index contributed by atoms with van der Waals surface area (Å²) in [5.74, 6) is -0.529. The van der Waals surface area contributed by atoms with Crippen molar-refractivity contribution in [3.05, 3.63) is 65.5 Å². The number of carbonyl (C=O) groups excluding carboxylic acids is 1. The molecule has 0 saturated carbocycles. The summed E-state index contributed by atoms with van der Waals surface area (Å²) in [5.41, 5.74) is 2.85. The highest BCUT2D eigenvalue weighted by molar-refractivity contribution is 7.92. The molecule has 28 heavy (non-hydrogen) atoms.